The number of likely N-dealkylation sites (tertiary alicyclic amines) is 1. The maximum atomic E-state index is 13.3. The van der Waals surface area contributed by atoms with Gasteiger partial charge in [0.25, 0.3) is 0 Å². The van der Waals surface area contributed by atoms with Crippen LogP contribution in [0.2, 0.25) is 0 Å². The maximum Gasteiger partial charge on any atom is 0.326 e. The maximum absolute atomic E-state index is 13.3. The Hall–Kier alpha value is -3.68. The minimum Gasteiger partial charge on any atom is -0.480 e. The molecule has 0 aromatic carbocycles. The Kier molecular flexibility index (Phi) is 9.79. The largest absolute Gasteiger partial charge is 0.480 e. The number of nitrogens with one attached hydrogen (secondary N) is 3. The predicted molar refractivity (Wildman–Crippen MR) is 122 cm³/mol. The fraction of sp³-hybridized carbons (Fsp3) is 0.600. The molecule has 34 heavy (non-hydrogen) atoms. The van der Waals surface area contributed by atoms with Crippen LogP contribution in [0.1, 0.15) is 38.3 Å². The molecule has 1 fully saturated rings. The summed E-state index contributed by atoms with van der Waals surface area (Å²) in [5.74, 6) is -2.82. The molecule has 188 valence electrons. The number of carboxylic acid groups (broad SMARTS) is 1. The van der Waals surface area contributed by atoms with Crippen molar-refractivity contribution in [3.63, 3.8) is 0 Å². The Bertz CT molecular complexity index is 883. The lowest BCUT2D eigenvalue weighted by molar-refractivity contribution is -0.145. The summed E-state index contributed by atoms with van der Waals surface area (Å²) in [7, 11) is 0. The van der Waals surface area contributed by atoms with Gasteiger partial charge >= 0.3 is 5.97 Å². The molecule has 0 saturated carbocycles. The SMILES string of the molecule is CC(N)C(=O)NC(CCCN=C(N)N)C(=O)N1CCCC1C(=O)NC(Cc1cnc[nH]1)C(=O)O. The molecule has 14 heteroatoms. The van der Waals surface area contributed by atoms with Gasteiger partial charge in [-0.25, -0.2) is 9.78 Å². The highest BCUT2D eigenvalue weighted by atomic mass is 16.4. The van der Waals surface area contributed by atoms with Crippen molar-refractivity contribution in [1.29, 1.82) is 0 Å². The molecule has 1 aromatic heterocycles. The van der Waals surface area contributed by atoms with Gasteiger partial charge < -0.3 is 42.8 Å². The van der Waals surface area contributed by atoms with Gasteiger partial charge in [-0.1, -0.05) is 0 Å². The molecular weight excluding hydrogens is 446 g/mol. The highest BCUT2D eigenvalue weighted by Crippen LogP contribution is 2.20. The molecular formula is C20H33N9O5. The number of hydrogen-bond acceptors (Lipinski definition) is 7. The van der Waals surface area contributed by atoms with Crippen molar-refractivity contribution in [1.82, 2.24) is 25.5 Å². The standard InChI is InChI=1S/C20H33N9O5/c1-11(21)16(30)27-13(4-2-6-25-20(22)23)18(32)29-7-3-5-15(29)17(31)28-14(19(33)34)8-12-9-24-10-26-12/h9-11,13-15H,2-8,21H2,1H3,(H,24,26)(H,27,30)(H,28,31)(H,33,34)(H4,22,23,25). The summed E-state index contributed by atoms with van der Waals surface area (Å²) in [6.45, 7) is 2.06. The van der Waals surface area contributed by atoms with E-state index in [1.54, 1.807) is 0 Å². The molecule has 0 radical (unpaired) electrons. The van der Waals surface area contributed by atoms with Crippen molar-refractivity contribution in [3.05, 3.63) is 18.2 Å². The summed E-state index contributed by atoms with van der Waals surface area (Å²) in [6.07, 6.45) is 4.47. The van der Waals surface area contributed by atoms with Crippen molar-refractivity contribution in [3.8, 4) is 0 Å². The number of amides is 3. The third-order valence-corrected chi connectivity index (χ3v) is 5.41. The quantitative estimate of drug-likeness (QED) is 0.0943. The van der Waals surface area contributed by atoms with Gasteiger partial charge in [0.15, 0.2) is 5.96 Å². The Morgan fingerprint density at radius 1 is 1.29 bits per heavy atom. The number of H-pyrrole nitrogens is 1. The van der Waals surface area contributed by atoms with Gasteiger partial charge in [0.2, 0.25) is 17.7 Å². The van der Waals surface area contributed by atoms with Crippen molar-refractivity contribution in [2.45, 2.75) is 63.2 Å². The summed E-state index contributed by atoms with van der Waals surface area (Å²) in [5.41, 5.74) is 16.8. The number of nitrogens with two attached hydrogens (primary N) is 3. The predicted octanol–water partition coefficient (Wildman–Crippen LogP) is -2.60. The lowest BCUT2D eigenvalue weighted by Crippen LogP contribution is -2.56. The normalized spacial score (nSPS) is 17.9. The van der Waals surface area contributed by atoms with Crippen molar-refractivity contribution in [2.24, 2.45) is 22.2 Å². The smallest absolute Gasteiger partial charge is 0.326 e. The van der Waals surface area contributed by atoms with Crippen LogP contribution in [0.4, 0.5) is 0 Å². The monoisotopic (exact) mass is 479 g/mol. The number of rotatable bonds is 12. The molecule has 2 heterocycles. The molecule has 10 N–H and O–H groups in total. The zero-order valence-corrected chi connectivity index (χ0v) is 19.1. The molecule has 2 rings (SSSR count). The van der Waals surface area contributed by atoms with Crippen LogP contribution in [0.25, 0.3) is 0 Å². The fourth-order valence-corrected chi connectivity index (χ4v) is 3.65. The van der Waals surface area contributed by atoms with Crippen LogP contribution in [0.5, 0.6) is 0 Å². The van der Waals surface area contributed by atoms with Gasteiger partial charge in [-0.2, -0.15) is 0 Å². The van der Waals surface area contributed by atoms with E-state index in [2.05, 4.69) is 25.6 Å². The lowest BCUT2D eigenvalue weighted by atomic mass is 10.1. The summed E-state index contributed by atoms with van der Waals surface area (Å²) in [4.78, 5) is 62.0. The van der Waals surface area contributed by atoms with Gasteiger partial charge in [0.1, 0.15) is 18.1 Å². The summed E-state index contributed by atoms with van der Waals surface area (Å²) < 4.78 is 0. The van der Waals surface area contributed by atoms with E-state index in [0.717, 1.165) is 0 Å². The van der Waals surface area contributed by atoms with Gasteiger partial charge in [0, 0.05) is 31.4 Å². The van der Waals surface area contributed by atoms with E-state index in [1.165, 1.54) is 24.3 Å². The summed E-state index contributed by atoms with van der Waals surface area (Å²) in [6, 6.07) is -3.81. The van der Waals surface area contributed by atoms with Crippen LogP contribution in [0.15, 0.2) is 17.5 Å². The van der Waals surface area contributed by atoms with E-state index in [1.807, 2.05) is 0 Å². The van der Waals surface area contributed by atoms with E-state index in [4.69, 9.17) is 17.2 Å². The molecule has 3 amide bonds. The third-order valence-electron chi connectivity index (χ3n) is 5.41. The van der Waals surface area contributed by atoms with Crippen LogP contribution in [-0.2, 0) is 25.6 Å². The Morgan fingerprint density at radius 2 is 2.03 bits per heavy atom. The zero-order chi connectivity index (χ0) is 25.3. The van der Waals surface area contributed by atoms with Crippen molar-refractivity contribution >= 4 is 29.7 Å². The number of nitrogens with zero attached hydrogens (tertiary/aromatic N) is 3. The highest BCUT2D eigenvalue weighted by molar-refractivity contribution is 5.94. The molecule has 1 aliphatic heterocycles. The second-order valence-corrected chi connectivity index (χ2v) is 8.17. The molecule has 4 unspecified atom stereocenters. The number of carbonyl (C=O) groups excluding carboxylic acids is 3. The van der Waals surface area contributed by atoms with E-state index >= 15 is 0 Å². The Labute approximate surface area is 196 Å². The van der Waals surface area contributed by atoms with E-state index in [9.17, 15) is 24.3 Å². The number of hydrogen-bond donors (Lipinski definition) is 7. The summed E-state index contributed by atoms with van der Waals surface area (Å²) >= 11 is 0. The summed E-state index contributed by atoms with van der Waals surface area (Å²) in [5, 5.41) is 14.7. The van der Waals surface area contributed by atoms with Crippen LogP contribution >= 0.6 is 0 Å². The first-order valence-electron chi connectivity index (χ1n) is 11.0. The number of aliphatic carboxylic acids is 1. The van der Waals surface area contributed by atoms with E-state index < -0.39 is 47.9 Å². The molecule has 1 saturated heterocycles. The van der Waals surface area contributed by atoms with Gasteiger partial charge in [-0.3, -0.25) is 19.4 Å². The number of aliphatic imine (C=N–C) groups is 1. The average Bonchev–Trinajstić information content (AvgIpc) is 3.46. The highest BCUT2D eigenvalue weighted by Gasteiger charge is 2.38. The van der Waals surface area contributed by atoms with Crippen molar-refractivity contribution < 1.29 is 24.3 Å². The van der Waals surface area contributed by atoms with Crippen LogP contribution in [-0.4, -0.2) is 86.9 Å². The lowest BCUT2D eigenvalue weighted by Gasteiger charge is -2.29. The number of carboxylic acids is 1. The zero-order valence-electron chi connectivity index (χ0n) is 19.1. The second kappa shape index (κ2) is 12.5. The molecule has 4 atom stereocenters. The van der Waals surface area contributed by atoms with Gasteiger partial charge in [0.05, 0.1) is 12.4 Å². The van der Waals surface area contributed by atoms with Crippen LogP contribution in [0.3, 0.4) is 0 Å². The molecule has 1 aliphatic rings. The van der Waals surface area contributed by atoms with Crippen molar-refractivity contribution in [2.75, 3.05) is 13.1 Å². The van der Waals surface area contributed by atoms with Gasteiger partial charge in [-0.05, 0) is 32.6 Å². The van der Waals surface area contributed by atoms with Gasteiger partial charge in [-0.15, -0.1) is 0 Å². The molecule has 0 aliphatic carbocycles. The average molecular weight is 480 g/mol. The molecule has 0 spiro atoms. The molecule has 14 nitrogen and oxygen atoms in total. The minimum atomic E-state index is -1.21. The third kappa shape index (κ3) is 7.72. The van der Waals surface area contributed by atoms with E-state index in [0.29, 0.717) is 31.5 Å². The first kappa shape index (κ1) is 26.6. The molecule has 0 bridgehead atoms. The Morgan fingerprint density at radius 3 is 2.62 bits per heavy atom. The number of imidazole rings is 1. The topological polar surface area (TPSA) is 235 Å². The number of guanidine groups is 1. The van der Waals surface area contributed by atoms with Crippen LogP contribution < -0.4 is 27.8 Å². The van der Waals surface area contributed by atoms with Crippen LogP contribution in [0, 0.1) is 0 Å². The second-order valence-electron chi connectivity index (χ2n) is 8.17. The minimum absolute atomic E-state index is 0.0135. The van der Waals surface area contributed by atoms with E-state index in [-0.39, 0.29) is 25.3 Å². The fourth-order valence-electron chi connectivity index (χ4n) is 3.65. The molecule has 1 aromatic rings. The Balaban J connectivity index is 2.09. The number of aromatic nitrogens is 2. The first-order chi connectivity index (χ1) is 16.1. The number of aromatic amines is 1. The first-order valence-corrected chi connectivity index (χ1v) is 11.0. The number of carbonyl (C=O) groups is 4.